The zero-order valence-electron chi connectivity index (χ0n) is 11.7. The topological polar surface area (TPSA) is 120 Å². The Balaban J connectivity index is 0.000000240. The molecule has 0 aliphatic rings. The second-order valence-corrected chi connectivity index (χ2v) is 4.84. The van der Waals surface area contributed by atoms with Crippen molar-refractivity contribution >= 4 is 45.1 Å². The van der Waals surface area contributed by atoms with Gasteiger partial charge in [-0.2, -0.15) is 0 Å². The van der Waals surface area contributed by atoms with Crippen molar-refractivity contribution in [1.82, 2.24) is 0 Å². The second kappa shape index (κ2) is 8.70. The largest absolute Gasteiger partial charge is 0.276 e. The van der Waals surface area contributed by atoms with Crippen LogP contribution in [0.25, 0.3) is 0 Å². The fourth-order valence-corrected chi connectivity index (χ4v) is 1.68. The zero-order valence-corrected chi connectivity index (χ0v) is 13.2. The number of non-ortho nitro benzene ring substituents is 2. The molecule has 0 N–H and O–H groups in total. The van der Waals surface area contributed by atoms with Crippen LogP contribution in [0.15, 0.2) is 48.5 Å². The summed E-state index contributed by atoms with van der Waals surface area (Å²) in [4.78, 5) is 40.3. The van der Waals surface area contributed by atoms with Crippen LogP contribution in [0.3, 0.4) is 0 Å². The van der Waals surface area contributed by atoms with Gasteiger partial charge in [-0.05, 0) is 47.5 Å². The van der Waals surface area contributed by atoms with Crippen LogP contribution in [-0.4, -0.2) is 20.3 Å². The van der Waals surface area contributed by atoms with E-state index >= 15 is 0 Å². The highest BCUT2D eigenvalue weighted by Crippen LogP contribution is 2.13. The molecule has 124 valence electrons. The number of halogens is 2. The van der Waals surface area contributed by atoms with Crippen molar-refractivity contribution in [2.45, 2.75) is 0 Å². The Morgan fingerprint density at radius 3 is 1.08 bits per heavy atom. The van der Waals surface area contributed by atoms with Crippen LogP contribution in [-0.2, 0) is 0 Å². The minimum absolute atomic E-state index is 0.0586. The molecular formula is C14H8Cl2N2O6. The van der Waals surface area contributed by atoms with E-state index in [2.05, 4.69) is 0 Å². The van der Waals surface area contributed by atoms with E-state index in [1.54, 1.807) is 0 Å². The maximum absolute atomic E-state index is 10.5. The van der Waals surface area contributed by atoms with Crippen molar-refractivity contribution in [3.8, 4) is 0 Å². The number of nitro groups is 2. The van der Waals surface area contributed by atoms with Crippen molar-refractivity contribution in [2.75, 3.05) is 0 Å². The maximum atomic E-state index is 10.5. The van der Waals surface area contributed by atoms with Gasteiger partial charge in [-0.25, -0.2) is 0 Å². The molecule has 0 fully saturated rings. The predicted molar refractivity (Wildman–Crippen MR) is 86.6 cm³/mol. The third-order valence-corrected chi connectivity index (χ3v) is 3.05. The Kier molecular flexibility index (Phi) is 6.97. The number of nitrogens with zero attached hydrogens (tertiary/aromatic N) is 2. The highest BCUT2D eigenvalue weighted by molar-refractivity contribution is 6.68. The SMILES string of the molecule is O=C(Cl)c1ccc([N+](=O)[O-])cc1.O=C(Cl)c1ccc([N+](=O)[O-])cc1. The fourth-order valence-electron chi connectivity index (χ4n) is 1.43. The van der Waals surface area contributed by atoms with Gasteiger partial charge in [0.2, 0.25) is 0 Å². The molecule has 0 heterocycles. The third kappa shape index (κ3) is 5.75. The van der Waals surface area contributed by atoms with Gasteiger partial charge in [-0.1, -0.05) is 0 Å². The minimum atomic E-state index is -0.620. The van der Waals surface area contributed by atoms with Gasteiger partial charge >= 0.3 is 0 Å². The molecule has 0 amide bonds. The molecule has 8 nitrogen and oxygen atoms in total. The molecule has 2 rings (SSSR count). The van der Waals surface area contributed by atoms with Gasteiger partial charge < -0.3 is 0 Å². The van der Waals surface area contributed by atoms with E-state index in [1.807, 2.05) is 0 Å². The second-order valence-electron chi connectivity index (χ2n) is 4.16. The lowest BCUT2D eigenvalue weighted by Gasteiger charge is -1.92. The summed E-state index contributed by atoms with van der Waals surface area (Å²) in [6.45, 7) is 0. The normalized spacial score (nSPS) is 9.42. The lowest BCUT2D eigenvalue weighted by Crippen LogP contribution is -1.90. The van der Waals surface area contributed by atoms with Crippen LogP contribution in [0, 0.1) is 20.2 Å². The quantitative estimate of drug-likeness (QED) is 0.456. The zero-order chi connectivity index (χ0) is 18.3. The van der Waals surface area contributed by atoms with Gasteiger partial charge in [0.25, 0.3) is 21.9 Å². The van der Waals surface area contributed by atoms with Gasteiger partial charge in [-0.3, -0.25) is 29.8 Å². The summed E-state index contributed by atoms with van der Waals surface area (Å²) in [7, 11) is 0. The first-order valence-electron chi connectivity index (χ1n) is 6.11. The molecule has 10 heteroatoms. The Morgan fingerprint density at radius 2 is 0.917 bits per heavy atom. The van der Waals surface area contributed by atoms with E-state index in [4.69, 9.17) is 23.2 Å². The van der Waals surface area contributed by atoms with Gasteiger partial charge in [0.1, 0.15) is 0 Å². The summed E-state index contributed by atoms with van der Waals surface area (Å²) in [6.07, 6.45) is 0. The molecule has 0 spiro atoms. The van der Waals surface area contributed by atoms with E-state index in [0.717, 1.165) is 0 Å². The highest BCUT2D eigenvalue weighted by Gasteiger charge is 2.07. The van der Waals surface area contributed by atoms with Crippen molar-refractivity contribution in [2.24, 2.45) is 0 Å². The van der Waals surface area contributed by atoms with E-state index in [9.17, 15) is 29.8 Å². The van der Waals surface area contributed by atoms with Crippen LogP contribution < -0.4 is 0 Å². The number of carbonyl (C=O) groups excluding carboxylic acids is 2. The van der Waals surface area contributed by atoms with E-state index in [0.29, 0.717) is 0 Å². The lowest BCUT2D eigenvalue weighted by molar-refractivity contribution is -0.385. The molecule has 0 unspecified atom stereocenters. The van der Waals surface area contributed by atoms with Gasteiger partial charge in [0, 0.05) is 35.4 Å². The minimum Gasteiger partial charge on any atom is -0.276 e. The van der Waals surface area contributed by atoms with Gasteiger partial charge in [0.15, 0.2) is 0 Å². The van der Waals surface area contributed by atoms with Crippen LogP contribution in [0.4, 0.5) is 11.4 Å². The molecule has 0 aliphatic carbocycles. The highest BCUT2D eigenvalue weighted by atomic mass is 35.5. The van der Waals surface area contributed by atoms with Crippen molar-refractivity contribution in [1.29, 1.82) is 0 Å². The van der Waals surface area contributed by atoms with Gasteiger partial charge in [0.05, 0.1) is 9.85 Å². The summed E-state index contributed by atoms with van der Waals surface area (Å²) in [5, 5.41) is 19.1. The molecule has 2 aromatic carbocycles. The lowest BCUT2D eigenvalue weighted by atomic mass is 10.2. The van der Waals surface area contributed by atoms with Gasteiger partial charge in [-0.15, -0.1) is 0 Å². The molecule has 2 aromatic rings. The smallest absolute Gasteiger partial charge is 0.269 e. The summed E-state index contributed by atoms with van der Waals surface area (Å²) >= 11 is 10.3. The van der Waals surface area contributed by atoms with Crippen LogP contribution in [0.5, 0.6) is 0 Å². The molecule has 0 atom stereocenters. The summed E-state index contributed by atoms with van der Waals surface area (Å²) in [5.41, 5.74) is 0.387. The Morgan fingerprint density at radius 1 is 0.667 bits per heavy atom. The molecule has 0 aliphatic heterocycles. The van der Waals surface area contributed by atoms with E-state index in [1.165, 1.54) is 48.5 Å². The first-order valence-corrected chi connectivity index (χ1v) is 6.86. The summed E-state index contributed by atoms with van der Waals surface area (Å²) in [5.74, 6) is 0. The molecule has 24 heavy (non-hydrogen) atoms. The number of carbonyl (C=O) groups is 2. The summed E-state index contributed by atoms with van der Waals surface area (Å²) in [6, 6.07) is 10.2. The molecule has 0 radical (unpaired) electrons. The van der Waals surface area contributed by atoms with Crippen molar-refractivity contribution in [3.63, 3.8) is 0 Å². The molecule has 0 saturated heterocycles. The molecule has 0 aromatic heterocycles. The number of benzene rings is 2. The number of hydrogen-bond donors (Lipinski definition) is 0. The van der Waals surface area contributed by atoms with Crippen molar-refractivity contribution < 1.29 is 19.4 Å². The first-order chi connectivity index (χ1) is 11.2. The van der Waals surface area contributed by atoms with Crippen LogP contribution in [0.1, 0.15) is 20.7 Å². The average molecular weight is 371 g/mol. The molecular weight excluding hydrogens is 363 g/mol. The van der Waals surface area contributed by atoms with E-state index in [-0.39, 0.29) is 22.5 Å². The van der Waals surface area contributed by atoms with Crippen LogP contribution in [0.2, 0.25) is 0 Å². The average Bonchev–Trinajstić information content (AvgIpc) is 2.55. The number of nitro benzene ring substituents is 2. The van der Waals surface area contributed by atoms with Crippen molar-refractivity contribution in [3.05, 3.63) is 79.9 Å². The third-order valence-electron chi connectivity index (χ3n) is 2.61. The fraction of sp³-hybridized carbons (Fsp3) is 0. The maximum Gasteiger partial charge on any atom is 0.269 e. The molecule has 0 bridgehead atoms. The van der Waals surface area contributed by atoms with E-state index < -0.39 is 20.3 Å². The molecule has 0 saturated carbocycles. The predicted octanol–water partition coefficient (Wildman–Crippen LogP) is 3.95. The number of rotatable bonds is 4. The summed E-state index contributed by atoms with van der Waals surface area (Å²) < 4.78 is 0. The Labute approximate surface area is 144 Å². The Bertz CT molecular complexity index is 641. The standard InChI is InChI=1S/2C7H4ClNO3/c2*8-7(10)5-1-3-6(4-2-5)9(11)12/h2*1-4H. The first kappa shape index (κ1) is 19.2. The monoisotopic (exact) mass is 370 g/mol. The number of hydrogen-bond acceptors (Lipinski definition) is 6. The Hall–Kier alpha value is -2.84. The van der Waals surface area contributed by atoms with Crippen LogP contribution >= 0.6 is 23.2 Å².